The van der Waals surface area contributed by atoms with Crippen molar-refractivity contribution >= 4 is 29.5 Å². The van der Waals surface area contributed by atoms with Gasteiger partial charge in [-0.25, -0.2) is 0 Å². The lowest BCUT2D eigenvalue weighted by atomic mass is 9.71. The summed E-state index contributed by atoms with van der Waals surface area (Å²) in [4.78, 5) is 46.0. The van der Waals surface area contributed by atoms with Gasteiger partial charge in [0.1, 0.15) is 6.04 Å². The van der Waals surface area contributed by atoms with Gasteiger partial charge in [-0.1, -0.05) is 51.7 Å². The molecule has 3 heterocycles. The van der Waals surface area contributed by atoms with Crippen LogP contribution in [0.25, 0.3) is 0 Å². The molecule has 3 saturated heterocycles. The number of likely N-dealkylation sites (tertiary alicyclic amines) is 1. The number of carbonyl (C=O) groups excluding carboxylic acids is 3. The third-order valence-electron chi connectivity index (χ3n) is 9.51. The van der Waals surface area contributed by atoms with Crippen molar-refractivity contribution in [1.29, 1.82) is 0 Å². The molecule has 0 aromatic rings. The molecule has 1 N–H and O–H groups in total. The number of amides is 2. The number of nitrogens with zero attached hydrogens (tertiary/aromatic N) is 2. The van der Waals surface area contributed by atoms with Crippen LogP contribution in [0.15, 0.2) is 25.3 Å². The van der Waals surface area contributed by atoms with Crippen LogP contribution in [0.2, 0.25) is 0 Å². The molecule has 4 rings (SSSR count). The Hall–Kier alpha value is -1.80. The molecule has 4 aliphatic rings. The molecule has 1 spiro atoms. The van der Waals surface area contributed by atoms with Crippen LogP contribution in [0.1, 0.15) is 78.1 Å². The van der Waals surface area contributed by atoms with Gasteiger partial charge in [-0.15, -0.1) is 24.9 Å². The van der Waals surface area contributed by atoms with Crippen molar-refractivity contribution in [2.24, 2.45) is 17.8 Å². The van der Waals surface area contributed by atoms with E-state index in [2.05, 4.69) is 13.2 Å². The lowest BCUT2D eigenvalue weighted by Crippen LogP contribution is -2.60. The highest BCUT2D eigenvalue weighted by Crippen LogP contribution is 2.67. The Morgan fingerprint density at radius 3 is 2.61 bits per heavy atom. The van der Waals surface area contributed by atoms with Gasteiger partial charge in [0.15, 0.2) is 0 Å². The molecule has 3 aliphatic heterocycles. The van der Waals surface area contributed by atoms with Crippen molar-refractivity contribution in [1.82, 2.24) is 9.80 Å². The van der Waals surface area contributed by atoms with Crippen molar-refractivity contribution in [3.8, 4) is 0 Å². The minimum Gasteiger partial charge on any atom is -0.465 e. The molecule has 1 saturated carbocycles. The number of fused-ring (bicyclic) bond motifs is 1. The number of esters is 1. The highest BCUT2D eigenvalue weighted by molar-refractivity contribution is 8.02. The van der Waals surface area contributed by atoms with Gasteiger partial charge in [0, 0.05) is 17.8 Å². The minimum atomic E-state index is -0.693. The number of rotatable bonds is 13. The number of carbonyl (C=O) groups is 3. The van der Waals surface area contributed by atoms with Crippen LogP contribution in [0.3, 0.4) is 0 Å². The van der Waals surface area contributed by atoms with Gasteiger partial charge in [0.25, 0.3) is 0 Å². The first-order valence-corrected chi connectivity index (χ1v) is 15.5. The Labute approximate surface area is 232 Å². The SMILES string of the molecule is C=CCCCOC(=O)[C@@H]1[C@H]2C(=O)N([C@@H](CO)[C@@H](C)CC)C(C(=O)N(CC=C)C3CCCCC3)C23CC[C@H]1S3. The van der Waals surface area contributed by atoms with Crippen LogP contribution in [0.5, 0.6) is 0 Å². The Bertz CT molecular complexity index is 905. The molecular formula is C30H46N2O5S. The van der Waals surface area contributed by atoms with E-state index >= 15 is 0 Å². The molecule has 8 heteroatoms. The van der Waals surface area contributed by atoms with Crippen LogP contribution in [0, 0.1) is 17.8 Å². The van der Waals surface area contributed by atoms with E-state index in [-0.39, 0.29) is 41.6 Å². The predicted octanol–water partition coefficient (Wildman–Crippen LogP) is 4.34. The summed E-state index contributed by atoms with van der Waals surface area (Å²) in [7, 11) is 0. The van der Waals surface area contributed by atoms with Crippen LogP contribution in [-0.4, -0.2) is 80.6 Å². The number of aliphatic hydroxyl groups excluding tert-OH is 1. The number of hydrogen-bond donors (Lipinski definition) is 1. The average Bonchev–Trinajstić information content (AvgIpc) is 3.58. The fraction of sp³-hybridized carbons (Fsp3) is 0.767. The monoisotopic (exact) mass is 546 g/mol. The Balaban J connectivity index is 1.72. The lowest BCUT2D eigenvalue weighted by Gasteiger charge is -2.43. The fourth-order valence-electron chi connectivity index (χ4n) is 7.41. The quantitative estimate of drug-likeness (QED) is 0.210. The summed E-state index contributed by atoms with van der Waals surface area (Å²) in [5.41, 5.74) is 0. The molecule has 38 heavy (non-hydrogen) atoms. The van der Waals surface area contributed by atoms with E-state index in [1.807, 2.05) is 18.7 Å². The second-order valence-corrected chi connectivity index (χ2v) is 13.2. The van der Waals surface area contributed by atoms with Crippen molar-refractivity contribution in [2.75, 3.05) is 19.8 Å². The Morgan fingerprint density at radius 1 is 1.24 bits per heavy atom. The normalized spacial score (nSPS) is 32.1. The van der Waals surface area contributed by atoms with Gasteiger partial charge in [-0.3, -0.25) is 14.4 Å². The molecule has 2 amide bonds. The van der Waals surface area contributed by atoms with Gasteiger partial charge < -0.3 is 19.6 Å². The number of unbranched alkanes of at least 4 members (excludes halogenated alkanes) is 1. The Kier molecular flexibility index (Phi) is 9.67. The minimum absolute atomic E-state index is 0.0171. The first-order chi connectivity index (χ1) is 18.4. The van der Waals surface area contributed by atoms with Crippen molar-refractivity contribution < 1.29 is 24.2 Å². The first-order valence-electron chi connectivity index (χ1n) is 14.7. The summed E-state index contributed by atoms with van der Waals surface area (Å²) in [6.07, 6.45) is 12.6. The van der Waals surface area contributed by atoms with Gasteiger partial charge >= 0.3 is 5.97 Å². The second kappa shape index (κ2) is 12.6. The van der Waals surface area contributed by atoms with Crippen LogP contribution in [0.4, 0.5) is 0 Å². The molecule has 0 aromatic carbocycles. The molecule has 7 nitrogen and oxygen atoms in total. The van der Waals surface area contributed by atoms with E-state index in [1.54, 1.807) is 28.8 Å². The molecule has 0 aromatic heterocycles. The molecular weight excluding hydrogens is 500 g/mol. The molecule has 212 valence electrons. The summed E-state index contributed by atoms with van der Waals surface area (Å²) in [5.74, 6) is -1.65. The molecule has 1 aliphatic carbocycles. The fourth-order valence-corrected chi connectivity index (χ4v) is 9.60. The molecule has 4 fully saturated rings. The maximum absolute atomic E-state index is 14.6. The zero-order valence-corrected chi connectivity index (χ0v) is 24.0. The van der Waals surface area contributed by atoms with Crippen molar-refractivity contribution in [3.05, 3.63) is 25.3 Å². The summed E-state index contributed by atoms with van der Waals surface area (Å²) >= 11 is 1.67. The van der Waals surface area contributed by atoms with Gasteiger partial charge in [-0.05, 0) is 44.4 Å². The predicted molar refractivity (Wildman–Crippen MR) is 150 cm³/mol. The van der Waals surface area contributed by atoms with Gasteiger partial charge in [-0.2, -0.15) is 0 Å². The maximum atomic E-state index is 14.6. The zero-order chi connectivity index (χ0) is 27.4. The number of aliphatic hydroxyl groups is 1. The third-order valence-corrected chi connectivity index (χ3v) is 11.5. The molecule has 0 radical (unpaired) electrons. The highest BCUT2D eigenvalue weighted by Gasteiger charge is 2.75. The smallest absolute Gasteiger partial charge is 0.310 e. The van der Waals surface area contributed by atoms with Crippen LogP contribution >= 0.6 is 11.8 Å². The standard InChI is InChI=1S/C30H46N2O5S/c1-5-8-12-18-37-29(36)24-23-15-16-30(38-23)25(24)27(34)32(22(19-33)20(4)7-3)26(30)28(35)31(17-6-2)21-13-10-9-11-14-21/h5-6,20-26,33H,1-2,7-19H2,3-4H3/t20-,22-,23+,24-,25-,26?,30?/m0/s1. The summed E-state index contributed by atoms with van der Waals surface area (Å²) in [6, 6.07) is -1.03. The van der Waals surface area contributed by atoms with Crippen LogP contribution in [-0.2, 0) is 19.1 Å². The van der Waals surface area contributed by atoms with Gasteiger partial charge in [0.2, 0.25) is 11.8 Å². The number of thioether (sulfide) groups is 1. The van der Waals surface area contributed by atoms with Gasteiger partial charge in [0.05, 0.1) is 35.8 Å². The largest absolute Gasteiger partial charge is 0.465 e. The number of ether oxygens (including phenoxy) is 1. The summed E-state index contributed by atoms with van der Waals surface area (Å²) in [6.45, 7) is 12.3. The number of allylic oxidation sites excluding steroid dienone is 1. The zero-order valence-electron chi connectivity index (χ0n) is 23.2. The third kappa shape index (κ3) is 5.07. The molecule has 2 bridgehead atoms. The van der Waals surface area contributed by atoms with Crippen molar-refractivity contribution in [2.45, 2.75) is 106 Å². The van der Waals surface area contributed by atoms with E-state index < -0.39 is 28.7 Å². The molecule has 7 atom stereocenters. The Morgan fingerprint density at radius 2 is 1.97 bits per heavy atom. The topological polar surface area (TPSA) is 87.1 Å². The second-order valence-electron chi connectivity index (χ2n) is 11.6. The maximum Gasteiger partial charge on any atom is 0.310 e. The van der Waals surface area contributed by atoms with Crippen molar-refractivity contribution in [3.63, 3.8) is 0 Å². The van der Waals surface area contributed by atoms with E-state index in [9.17, 15) is 19.5 Å². The van der Waals surface area contributed by atoms with E-state index in [1.165, 1.54) is 6.42 Å². The van der Waals surface area contributed by atoms with E-state index in [4.69, 9.17) is 4.74 Å². The summed E-state index contributed by atoms with van der Waals surface area (Å²) < 4.78 is 5.00. The van der Waals surface area contributed by atoms with E-state index in [0.29, 0.717) is 19.6 Å². The average molecular weight is 547 g/mol. The number of hydrogen-bond acceptors (Lipinski definition) is 6. The first kappa shape index (κ1) is 29.2. The molecule has 2 unspecified atom stereocenters. The summed E-state index contributed by atoms with van der Waals surface area (Å²) in [5, 5.41) is 10.5. The highest BCUT2D eigenvalue weighted by atomic mass is 32.2. The van der Waals surface area contributed by atoms with E-state index in [0.717, 1.165) is 51.4 Å². The lowest BCUT2D eigenvalue weighted by molar-refractivity contribution is -0.155. The van der Waals surface area contributed by atoms with Crippen LogP contribution < -0.4 is 0 Å².